The Morgan fingerprint density at radius 1 is 0.912 bits per heavy atom. The Morgan fingerprint density at radius 3 is 2.29 bits per heavy atom. The number of carbonyl (C=O) groups is 1. The maximum absolute atomic E-state index is 13.4. The Labute approximate surface area is 220 Å². The van der Waals surface area contributed by atoms with E-state index in [0.717, 1.165) is 17.7 Å². The molecule has 0 radical (unpaired) electrons. The summed E-state index contributed by atoms with van der Waals surface area (Å²) in [7, 11) is 0. The average molecular weight is 565 g/mol. The first kappa shape index (κ1) is 25.3. The predicted octanol–water partition coefficient (Wildman–Crippen LogP) is 7.85. The van der Waals surface area contributed by atoms with Gasteiger partial charge in [-0.25, -0.2) is 8.78 Å². The van der Waals surface area contributed by atoms with Crippen molar-refractivity contribution in [3.63, 3.8) is 0 Å². The lowest BCUT2D eigenvalue weighted by molar-refractivity contribution is 0.0951. The van der Waals surface area contributed by atoms with Crippen LogP contribution in [0, 0.1) is 17.6 Å². The molecule has 3 aromatic rings. The minimum Gasteiger partial charge on any atom is -0.385 e. The number of anilines is 1. The van der Waals surface area contributed by atoms with Crippen LogP contribution in [-0.2, 0) is 6.54 Å². The van der Waals surface area contributed by atoms with Gasteiger partial charge in [0.25, 0.3) is 5.91 Å². The van der Waals surface area contributed by atoms with Gasteiger partial charge in [0.15, 0.2) is 11.6 Å². The van der Waals surface area contributed by atoms with E-state index in [2.05, 4.69) is 10.6 Å². The van der Waals surface area contributed by atoms with Crippen molar-refractivity contribution in [2.75, 3.05) is 11.9 Å². The number of carbonyl (C=O) groups excluding carboxylic acids is 1. The number of rotatable bonds is 7. The fourth-order valence-corrected chi connectivity index (χ4v) is 5.40. The molecule has 1 aliphatic carbocycles. The smallest absolute Gasteiger partial charge is 0.253 e. The molecule has 0 saturated heterocycles. The normalized spacial score (nSPS) is 18.4. The van der Waals surface area contributed by atoms with Gasteiger partial charge in [-0.2, -0.15) is 0 Å². The third-order valence-corrected chi connectivity index (χ3v) is 7.42. The van der Waals surface area contributed by atoms with Gasteiger partial charge in [0.2, 0.25) is 0 Å². The van der Waals surface area contributed by atoms with Crippen LogP contribution in [-0.4, -0.2) is 16.8 Å². The van der Waals surface area contributed by atoms with Crippen LogP contribution < -0.4 is 10.6 Å². The molecule has 0 heterocycles. The first-order valence-corrected chi connectivity index (χ1v) is 12.0. The fraction of sp³-hybridized carbons (Fsp3) is 0.208. The van der Waals surface area contributed by atoms with Gasteiger partial charge in [-0.05, 0) is 59.7 Å². The van der Waals surface area contributed by atoms with E-state index in [-0.39, 0.29) is 29.0 Å². The van der Waals surface area contributed by atoms with Gasteiger partial charge in [-0.1, -0.05) is 40.9 Å². The van der Waals surface area contributed by atoms with Crippen molar-refractivity contribution >= 4 is 69.6 Å². The van der Waals surface area contributed by atoms with Gasteiger partial charge < -0.3 is 10.6 Å². The lowest BCUT2D eigenvalue weighted by Crippen LogP contribution is -2.23. The number of amides is 1. The predicted molar refractivity (Wildman–Crippen MR) is 135 cm³/mol. The number of benzene rings is 3. The van der Waals surface area contributed by atoms with Crippen LogP contribution in [0.5, 0.6) is 0 Å². The van der Waals surface area contributed by atoms with E-state index in [1.807, 2.05) is 0 Å². The quantitative estimate of drug-likeness (QED) is 0.287. The van der Waals surface area contributed by atoms with Crippen LogP contribution >= 0.6 is 58.0 Å². The van der Waals surface area contributed by atoms with E-state index in [0.29, 0.717) is 27.8 Å². The molecular weight excluding hydrogens is 548 g/mol. The van der Waals surface area contributed by atoms with Crippen LogP contribution in [0.1, 0.15) is 27.4 Å². The Morgan fingerprint density at radius 2 is 1.62 bits per heavy atom. The van der Waals surface area contributed by atoms with Crippen LogP contribution in [0.25, 0.3) is 0 Å². The molecule has 4 rings (SSSR count). The second-order valence-electron chi connectivity index (χ2n) is 7.97. The minimum atomic E-state index is -0.988. The molecule has 2 atom stereocenters. The molecular formula is C24H17Cl5F2N2O. The van der Waals surface area contributed by atoms with Gasteiger partial charge in [-0.3, -0.25) is 4.79 Å². The Kier molecular flexibility index (Phi) is 7.51. The van der Waals surface area contributed by atoms with Crippen molar-refractivity contribution in [1.82, 2.24) is 5.32 Å². The van der Waals surface area contributed by atoms with Crippen LogP contribution in [0.4, 0.5) is 14.5 Å². The zero-order chi connectivity index (χ0) is 24.6. The summed E-state index contributed by atoms with van der Waals surface area (Å²) >= 11 is 31.4. The molecule has 1 saturated carbocycles. The van der Waals surface area contributed by atoms with E-state index in [4.69, 9.17) is 58.0 Å². The SMILES string of the molecule is O=C(NCc1ccc(F)c(F)c1)c1cc(NCC2C(c3cc(Cl)cc(Cl)c3)C2(Cl)Cl)ccc1Cl. The topological polar surface area (TPSA) is 41.1 Å². The number of nitrogens with one attached hydrogen (secondary N) is 2. The largest absolute Gasteiger partial charge is 0.385 e. The van der Waals surface area contributed by atoms with E-state index in [9.17, 15) is 13.6 Å². The summed E-state index contributed by atoms with van der Waals surface area (Å²) < 4.78 is 25.5. The van der Waals surface area contributed by atoms with E-state index < -0.39 is 21.9 Å². The van der Waals surface area contributed by atoms with Crippen molar-refractivity contribution < 1.29 is 13.6 Å². The molecule has 2 unspecified atom stereocenters. The molecule has 1 fully saturated rings. The highest BCUT2D eigenvalue weighted by Gasteiger charge is 2.63. The van der Waals surface area contributed by atoms with Gasteiger partial charge >= 0.3 is 0 Å². The summed E-state index contributed by atoms with van der Waals surface area (Å²) in [6.07, 6.45) is 0. The van der Waals surface area contributed by atoms with E-state index >= 15 is 0 Å². The van der Waals surface area contributed by atoms with Gasteiger partial charge in [-0.15, -0.1) is 23.2 Å². The van der Waals surface area contributed by atoms with Gasteiger partial charge in [0, 0.05) is 40.7 Å². The van der Waals surface area contributed by atoms with Crippen LogP contribution in [0.3, 0.4) is 0 Å². The summed E-state index contributed by atoms with van der Waals surface area (Å²) in [5.41, 5.74) is 2.13. The molecule has 1 amide bonds. The van der Waals surface area contributed by atoms with Crippen molar-refractivity contribution in [3.05, 3.63) is 98.0 Å². The van der Waals surface area contributed by atoms with E-state index in [1.54, 1.807) is 36.4 Å². The summed E-state index contributed by atoms with van der Waals surface area (Å²) in [5.74, 6) is -2.67. The standard InChI is InChI=1S/C24H17Cl5F2N2O/c25-14-6-13(7-15(26)8-14)22-18(24(22,28)29)11-32-16-2-3-19(27)17(9-16)23(34)33-10-12-1-4-20(30)21(31)5-12/h1-9,18,22,32H,10-11H2,(H,33,34). The molecule has 0 aliphatic heterocycles. The molecule has 34 heavy (non-hydrogen) atoms. The third-order valence-electron chi connectivity index (χ3n) is 5.62. The number of hydrogen-bond acceptors (Lipinski definition) is 2. The lowest BCUT2D eigenvalue weighted by Gasteiger charge is -2.11. The number of halogens is 7. The first-order valence-electron chi connectivity index (χ1n) is 10.2. The molecule has 178 valence electrons. The Bertz CT molecular complexity index is 1230. The number of hydrogen-bond donors (Lipinski definition) is 2. The second-order valence-corrected chi connectivity index (χ2v) is 10.7. The molecule has 3 nitrogen and oxygen atoms in total. The summed E-state index contributed by atoms with van der Waals surface area (Å²) in [5, 5.41) is 7.14. The highest BCUT2D eigenvalue weighted by Crippen LogP contribution is 2.65. The summed E-state index contributed by atoms with van der Waals surface area (Å²) in [6.45, 7) is 0.441. The van der Waals surface area contributed by atoms with Crippen LogP contribution in [0.2, 0.25) is 15.1 Å². The maximum atomic E-state index is 13.4. The molecule has 3 aromatic carbocycles. The van der Waals surface area contributed by atoms with Crippen molar-refractivity contribution in [2.45, 2.75) is 16.8 Å². The summed E-state index contributed by atoms with van der Waals surface area (Å²) in [6, 6.07) is 13.6. The summed E-state index contributed by atoms with van der Waals surface area (Å²) in [4.78, 5) is 12.6. The van der Waals surface area contributed by atoms with E-state index in [1.165, 1.54) is 6.07 Å². The zero-order valence-corrected chi connectivity index (χ0v) is 21.1. The third kappa shape index (κ3) is 5.55. The Hall–Kier alpha value is -1.76. The molecule has 10 heteroatoms. The van der Waals surface area contributed by atoms with Crippen molar-refractivity contribution in [2.24, 2.45) is 5.92 Å². The fourth-order valence-electron chi connectivity index (χ4n) is 3.82. The minimum absolute atomic E-state index is 0.0109. The van der Waals surface area contributed by atoms with Crippen LogP contribution in [0.15, 0.2) is 54.6 Å². The highest BCUT2D eigenvalue weighted by molar-refractivity contribution is 6.52. The Balaban J connectivity index is 1.41. The van der Waals surface area contributed by atoms with Gasteiger partial charge in [0.1, 0.15) is 4.33 Å². The van der Waals surface area contributed by atoms with Crippen molar-refractivity contribution in [3.8, 4) is 0 Å². The molecule has 0 aromatic heterocycles. The molecule has 0 spiro atoms. The molecule has 0 bridgehead atoms. The van der Waals surface area contributed by atoms with Gasteiger partial charge in [0.05, 0.1) is 10.6 Å². The molecule has 2 N–H and O–H groups in total. The monoisotopic (exact) mass is 562 g/mol. The second kappa shape index (κ2) is 10.1. The number of alkyl halides is 2. The first-order chi connectivity index (χ1) is 16.1. The van der Waals surface area contributed by atoms with Crippen molar-refractivity contribution in [1.29, 1.82) is 0 Å². The maximum Gasteiger partial charge on any atom is 0.253 e. The highest BCUT2D eigenvalue weighted by atomic mass is 35.5. The lowest BCUT2D eigenvalue weighted by atomic mass is 10.1. The average Bonchev–Trinajstić information content (AvgIpc) is 3.33. The molecule has 1 aliphatic rings. The zero-order valence-electron chi connectivity index (χ0n) is 17.3.